The highest BCUT2D eigenvalue weighted by Gasteiger charge is 2.34. The van der Waals surface area contributed by atoms with Crippen molar-refractivity contribution in [2.45, 2.75) is 65.8 Å². The van der Waals surface area contributed by atoms with Crippen LogP contribution in [-0.4, -0.2) is 40.7 Å². The van der Waals surface area contributed by atoms with E-state index < -0.39 is 23.4 Å². The molecule has 0 aliphatic carbocycles. The fraction of sp³-hybridized carbons (Fsp3) is 0.632. The molecule has 0 bridgehead atoms. The van der Waals surface area contributed by atoms with Gasteiger partial charge in [0.05, 0.1) is 0 Å². The van der Waals surface area contributed by atoms with Crippen molar-refractivity contribution in [1.82, 2.24) is 15.7 Å². The molecule has 0 fully saturated rings. The van der Waals surface area contributed by atoms with E-state index in [-0.39, 0.29) is 17.4 Å². The van der Waals surface area contributed by atoms with Gasteiger partial charge in [0.1, 0.15) is 6.04 Å². The molecule has 1 rings (SSSR count). The molecule has 1 aromatic heterocycles. The molecule has 3 N–H and O–H groups in total. The Morgan fingerprint density at radius 2 is 1.96 bits per heavy atom. The molecule has 7 nitrogen and oxygen atoms in total. The quantitative estimate of drug-likeness (QED) is 0.338. The van der Waals surface area contributed by atoms with Crippen LogP contribution in [0.1, 0.15) is 58.9 Å². The first kappa shape index (κ1) is 23.1. The van der Waals surface area contributed by atoms with E-state index in [1.54, 1.807) is 11.3 Å². The fourth-order valence-corrected chi connectivity index (χ4v) is 3.15. The summed E-state index contributed by atoms with van der Waals surface area (Å²) < 4.78 is 0. The first-order valence-corrected chi connectivity index (χ1v) is 10.2. The van der Waals surface area contributed by atoms with Crippen molar-refractivity contribution < 1.29 is 19.6 Å². The van der Waals surface area contributed by atoms with Gasteiger partial charge in [0, 0.05) is 13.0 Å². The van der Waals surface area contributed by atoms with Gasteiger partial charge in [-0.3, -0.25) is 14.8 Å². The third kappa shape index (κ3) is 8.09. The number of nitrogens with zero attached hydrogens (tertiary/aromatic N) is 1. The average molecular weight is 398 g/mol. The highest BCUT2D eigenvalue weighted by atomic mass is 32.1. The van der Waals surface area contributed by atoms with Gasteiger partial charge in [-0.25, -0.2) is 4.79 Å². The minimum Gasteiger partial charge on any atom is -0.354 e. The largest absolute Gasteiger partial charge is 0.354 e. The lowest BCUT2D eigenvalue weighted by Gasteiger charge is -2.31. The van der Waals surface area contributed by atoms with Crippen LogP contribution in [0, 0.1) is 5.41 Å². The number of hydroxylamine groups is 2. The third-order valence-electron chi connectivity index (χ3n) is 4.09. The van der Waals surface area contributed by atoms with E-state index in [9.17, 15) is 19.6 Å². The predicted octanol–water partition coefficient (Wildman–Crippen LogP) is 3.33. The molecule has 1 aromatic rings. The lowest BCUT2D eigenvalue weighted by Crippen LogP contribution is -2.56. The lowest BCUT2D eigenvalue weighted by atomic mass is 9.86. The van der Waals surface area contributed by atoms with E-state index in [2.05, 4.69) is 10.6 Å². The van der Waals surface area contributed by atoms with Gasteiger partial charge < -0.3 is 10.6 Å². The Morgan fingerprint density at radius 1 is 1.26 bits per heavy atom. The predicted molar refractivity (Wildman–Crippen MR) is 106 cm³/mol. The van der Waals surface area contributed by atoms with Crippen LogP contribution < -0.4 is 10.6 Å². The number of carbonyl (C=O) groups excluding carboxylic acids is 3. The van der Waals surface area contributed by atoms with E-state index in [0.29, 0.717) is 19.4 Å². The zero-order valence-corrected chi connectivity index (χ0v) is 17.4. The second-order valence-electron chi connectivity index (χ2n) is 7.58. The standard InChI is InChI=1S/C19H31N3O4S/c1-5-6-11-20-17(24)16(19(2,3)4)21-18(25)22(26)15(23)9-7-8-14-10-12-27-13-14/h10,12-13,16,26H,5-9,11H2,1-4H3,(H,20,24)(H,21,25). The van der Waals surface area contributed by atoms with Crippen LogP contribution in [0.25, 0.3) is 0 Å². The molecule has 1 unspecified atom stereocenters. The summed E-state index contributed by atoms with van der Waals surface area (Å²) in [7, 11) is 0. The van der Waals surface area contributed by atoms with E-state index in [4.69, 9.17) is 0 Å². The van der Waals surface area contributed by atoms with Crippen LogP contribution >= 0.6 is 11.3 Å². The number of amides is 4. The van der Waals surface area contributed by atoms with Crippen molar-refractivity contribution in [3.63, 3.8) is 0 Å². The van der Waals surface area contributed by atoms with Gasteiger partial charge in [-0.1, -0.05) is 34.1 Å². The van der Waals surface area contributed by atoms with Gasteiger partial charge in [-0.2, -0.15) is 11.3 Å². The Morgan fingerprint density at radius 3 is 2.52 bits per heavy atom. The maximum Gasteiger partial charge on any atom is 0.349 e. The van der Waals surface area contributed by atoms with Crippen LogP contribution in [0.15, 0.2) is 16.8 Å². The molecule has 27 heavy (non-hydrogen) atoms. The monoisotopic (exact) mass is 397 g/mol. The van der Waals surface area contributed by atoms with Crippen molar-refractivity contribution in [2.75, 3.05) is 6.54 Å². The summed E-state index contributed by atoms with van der Waals surface area (Å²) in [5.41, 5.74) is 0.549. The molecule has 1 heterocycles. The molecule has 1 atom stereocenters. The Balaban J connectivity index is 2.56. The number of hydrogen-bond acceptors (Lipinski definition) is 5. The van der Waals surface area contributed by atoms with Crippen LogP contribution in [0.4, 0.5) is 4.79 Å². The molecule has 0 saturated heterocycles. The van der Waals surface area contributed by atoms with Crippen molar-refractivity contribution in [1.29, 1.82) is 0 Å². The number of thiophene rings is 1. The summed E-state index contributed by atoms with van der Waals surface area (Å²) in [6, 6.07) is 0.125. The minimum atomic E-state index is -0.985. The van der Waals surface area contributed by atoms with Gasteiger partial charge in [0.15, 0.2) is 0 Å². The number of hydrogen-bond donors (Lipinski definition) is 3. The van der Waals surface area contributed by atoms with Crippen LogP contribution in [-0.2, 0) is 16.0 Å². The van der Waals surface area contributed by atoms with E-state index in [1.165, 1.54) is 0 Å². The molecule has 0 aliphatic heterocycles. The van der Waals surface area contributed by atoms with E-state index in [0.717, 1.165) is 18.4 Å². The second kappa shape index (κ2) is 11.0. The second-order valence-corrected chi connectivity index (χ2v) is 8.36. The van der Waals surface area contributed by atoms with Gasteiger partial charge in [-0.15, -0.1) is 5.06 Å². The normalized spacial score (nSPS) is 12.3. The summed E-state index contributed by atoms with van der Waals surface area (Å²) in [6.07, 6.45) is 3.06. The molecule has 4 amide bonds. The third-order valence-corrected chi connectivity index (χ3v) is 4.82. The first-order valence-electron chi connectivity index (χ1n) is 9.28. The molecule has 0 aromatic carbocycles. The number of urea groups is 1. The number of aryl methyl sites for hydroxylation is 1. The van der Waals surface area contributed by atoms with E-state index >= 15 is 0 Å². The molecule has 0 aliphatic rings. The molecule has 0 saturated carbocycles. The zero-order valence-electron chi connectivity index (χ0n) is 16.6. The van der Waals surface area contributed by atoms with Crippen LogP contribution in [0.3, 0.4) is 0 Å². The topological polar surface area (TPSA) is 98.7 Å². The number of imide groups is 1. The molecular formula is C19H31N3O4S. The Kier molecular flexibility index (Phi) is 9.45. The van der Waals surface area contributed by atoms with Gasteiger partial charge >= 0.3 is 6.03 Å². The average Bonchev–Trinajstić information content (AvgIpc) is 3.11. The molecule has 0 spiro atoms. The van der Waals surface area contributed by atoms with Crippen molar-refractivity contribution in [2.24, 2.45) is 5.41 Å². The number of carbonyl (C=O) groups is 3. The van der Waals surface area contributed by atoms with Gasteiger partial charge in [0.2, 0.25) is 5.91 Å². The SMILES string of the molecule is CCCCNC(=O)C(NC(=O)N(O)C(=O)CCCc1ccsc1)C(C)(C)C. The molecule has 152 valence electrons. The number of unbranched alkanes of at least 4 members (excludes halogenated alkanes) is 1. The maximum atomic E-state index is 12.4. The molecular weight excluding hydrogens is 366 g/mol. The Hall–Kier alpha value is -1.93. The summed E-state index contributed by atoms with van der Waals surface area (Å²) in [6.45, 7) is 7.95. The van der Waals surface area contributed by atoms with Gasteiger partial charge in [0.25, 0.3) is 5.91 Å². The van der Waals surface area contributed by atoms with E-state index in [1.807, 2.05) is 44.5 Å². The summed E-state index contributed by atoms with van der Waals surface area (Å²) in [4.78, 5) is 36.7. The summed E-state index contributed by atoms with van der Waals surface area (Å²) >= 11 is 1.58. The number of nitrogens with one attached hydrogen (secondary N) is 2. The first-order chi connectivity index (χ1) is 12.7. The van der Waals surface area contributed by atoms with Crippen molar-refractivity contribution in [3.05, 3.63) is 22.4 Å². The van der Waals surface area contributed by atoms with Crippen molar-refractivity contribution >= 4 is 29.2 Å². The van der Waals surface area contributed by atoms with Crippen LogP contribution in [0.2, 0.25) is 0 Å². The summed E-state index contributed by atoms with van der Waals surface area (Å²) in [5, 5.41) is 19.2. The highest BCUT2D eigenvalue weighted by Crippen LogP contribution is 2.20. The summed E-state index contributed by atoms with van der Waals surface area (Å²) in [5.74, 6) is -1.02. The smallest absolute Gasteiger partial charge is 0.349 e. The Labute approximate surface area is 165 Å². The number of rotatable bonds is 9. The Bertz CT molecular complexity index is 611. The fourth-order valence-electron chi connectivity index (χ4n) is 2.45. The zero-order chi connectivity index (χ0) is 20.4. The lowest BCUT2D eigenvalue weighted by molar-refractivity contribution is -0.153. The van der Waals surface area contributed by atoms with Crippen LogP contribution in [0.5, 0.6) is 0 Å². The van der Waals surface area contributed by atoms with Crippen molar-refractivity contribution in [3.8, 4) is 0 Å². The van der Waals surface area contributed by atoms with Gasteiger partial charge in [-0.05, 0) is 47.1 Å². The maximum absolute atomic E-state index is 12.4. The molecule has 0 radical (unpaired) electrons. The molecule has 8 heteroatoms. The minimum absolute atomic E-state index is 0.0443. The highest BCUT2D eigenvalue weighted by molar-refractivity contribution is 7.07.